The van der Waals surface area contributed by atoms with Crippen LogP contribution in [0.2, 0.25) is 5.02 Å². The van der Waals surface area contributed by atoms with Gasteiger partial charge in [0.05, 0.1) is 22.8 Å². The van der Waals surface area contributed by atoms with Crippen molar-refractivity contribution < 1.29 is 46.6 Å². The third-order valence-corrected chi connectivity index (χ3v) is 12.3. The number of carbonyl (C=O) groups excluding carboxylic acids is 5. The number of anilines is 2. The number of likely N-dealkylation sites (tertiary alicyclic amines) is 3. The lowest BCUT2D eigenvalue weighted by Gasteiger charge is -2.42. The zero-order chi connectivity index (χ0) is 43.1. The topological polar surface area (TPSA) is 170 Å². The van der Waals surface area contributed by atoms with Crippen LogP contribution < -0.4 is 16.4 Å². The van der Waals surface area contributed by atoms with E-state index in [4.69, 9.17) is 26.8 Å². The van der Waals surface area contributed by atoms with Crippen molar-refractivity contribution in [1.29, 1.82) is 0 Å². The summed E-state index contributed by atoms with van der Waals surface area (Å²) in [6.07, 6.45) is -2.83. The Morgan fingerprint density at radius 3 is 2.25 bits per heavy atom. The van der Waals surface area contributed by atoms with Crippen LogP contribution in [0, 0.1) is 0 Å². The lowest BCUT2D eigenvalue weighted by molar-refractivity contribution is -0.150. The quantitative estimate of drug-likeness (QED) is 0.220. The first-order valence-electron chi connectivity index (χ1n) is 20.5. The Kier molecular flexibility index (Phi) is 14.7. The number of fused-ring (bicyclic) bond motifs is 1. The number of rotatable bonds is 11. The second-order valence-corrected chi connectivity index (χ2v) is 16.5. The van der Waals surface area contributed by atoms with Crippen LogP contribution in [0.5, 0.6) is 0 Å². The minimum absolute atomic E-state index is 0.00294. The molecule has 2 aromatic carbocycles. The zero-order valence-corrected chi connectivity index (χ0v) is 34.7. The first kappa shape index (κ1) is 44.7. The average Bonchev–Trinajstić information content (AvgIpc) is 3.40. The predicted molar refractivity (Wildman–Crippen MR) is 217 cm³/mol. The van der Waals surface area contributed by atoms with Gasteiger partial charge in [0.15, 0.2) is 12.7 Å². The van der Waals surface area contributed by atoms with Crippen molar-refractivity contribution in [1.82, 2.24) is 29.8 Å². The first-order chi connectivity index (χ1) is 28.6. The van der Waals surface area contributed by atoms with Crippen LogP contribution in [0.25, 0.3) is 0 Å². The van der Waals surface area contributed by atoms with Crippen molar-refractivity contribution in [2.75, 3.05) is 84.1 Å². The van der Waals surface area contributed by atoms with Gasteiger partial charge in [-0.15, -0.1) is 0 Å². The van der Waals surface area contributed by atoms with Gasteiger partial charge in [-0.05, 0) is 87.4 Å². The van der Waals surface area contributed by atoms with E-state index in [0.717, 1.165) is 43.2 Å². The molecule has 3 fully saturated rings. The number of para-hydroxylation sites is 1. The molecule has 15 nitrogen and oxygen atoms in total. The van der Waals surface area contributed by atoms with Gasteiger partial charge in [0, 0.05) is 77.1 Å². The summed E-state index contributed by atoms with van der Waals surface area (Å²) in [4.78, 5) is 73.4. The van der Waals surface area contributed by atoms with Crippen molar-refractivity contribution in [2.45, 2.75) is 81.8 Å². The fourth-order valence-corrected chi connectivity index (χ4v) is 8.63. The summed E-state index contributed by atoms with van der Waals surface area (Å²) in [5, 5.41) is 5.87. The first-order valence-corrected chi connectivity index (χ1v) is 20.8. The van der Waals surface area contributed by atoms with E-state index in [-0.39, 0.29) is 73.3 Å². The minimum atomic E-state index is -4.80. The standard InChI is InChI=1S/C41H54ClF3N8O7/c1-49(2)35(54)25-59-36(55)24-47-28-8-14-50(15-9-28)29-10-16-51(17-11-29)38(56)34(23-26-21-31(41(43,44)45)37(46)32(42)22-26)60-40(58)52-18-12-30(13-19-52)53-20-7-27-5-3-4-6-33(27)48-39(53)57/h3-6,21-22,28-30,34,47H,7-20,23-25,46H2,1-2H3,(H,48,57)/t34-/m1/s1. The molecule has 60 heavy (non-hydrogen) atoms. The van der Waals surface area contributed by atoms with Crippen molar-refractivity contribution in [2.24, 2.45) is 0 Å². The highest BCUT2D eigenvalue weighted by molar-refractivity contribution is 6.33. The highest BCUT2D eigenvalue weighted by Crippen LogP contribution is 2.38. The maximum atomic E-state index is 14.2. The van der Waals surface area contributed by atoms with E-state index in [0.29, 0.717) is 51.7 Å². The number of nitrogen functional groups attached to an aromatic ring is 1. The molecule has 6 rings (SSSR count). The maximum Gasteiger partial charge on any atom is 0.418 e. The normalized spacial score (nSPS) is 19.2. The van der Waals surface area contributed by atoms with Gasteiger partial charge in [-0.25, -0.2) is 9.59 Å². The van der Waals surface area contributed by atoms with Crippen LogP contribution in [0.3, 0.4) is 0 Å². The molecule has 0 bridgehead atoms. The smallest absolute Gasteiger partial charge is 0.418 e. The molecule has 0 aliphatic carbocycles. The summed E-state index contributed by atoms with van der Waals surface area (Å²) < 4.78 is 52.7. The molecule has 4 N–H and O–H groups in total. The van der Waals surface area contributed by atoms with Gasteiger partial charge in [-0.1, -0.05) is 29.8 Å². The molecule has 4 heterocycles. The Morgan fingerprint density at radius 1 is 0.933 bits per heavy atom. The van der Waals surface area contributed by atoms with Gasteiger partial charge in [-0.2, -0.15) is 13.2 Å². The number of amides is 5. The number of likely N-dealkylation sites (N-methyl/N-ethyl adjacent to an activating group) is 1. The number of halogens is 4. The molecule has 0 unspecified atom stereocenters. The van der Waals surface area contributed by atoms with Gasteiger partial charge >= 0.3 is 24.3 Å². The average molecular weight is 863 g/mol. The van der Waals surface area contributed by atoms with E-state index < -0.39 is 41.5 Å². The van der Waals surface area contributed by atoms with E-state index in [9.17, 15) is 37.1 Å². The van der Waals surface area contributed by atoms with Gasteiger partial charge in [-0.3, -0.25) is 14.4 Å². The number of ether oxygens (including phenoxy) is 2. The summed E-state index contributed by atoms with van der Waals surface area (Å²) in [5.74, 6) is -1.31. The maximum absolute atomic E-state index is 14.2. The summed E-state index contributed by atoms with van der Waals surface area (Å²) in [6.45, 7) is 3.00. The third-order valence-electron chi connectivity index (χ3n) is 12.0. The number of carbonyl (C=O) groups is 5. The number of nitrogens with two attached hydrogens (primary N) is 1. The van der Waals surface area contributed by atoms with Gasteiger partial charge in [0.25, 0.3) is 11.8 Å². The second kappa shape index (κ2) is 19.7. The Hall–Kier alpha value is -4.81. The number of urea groups is 1. The molecule has 1 atom stereocenters. The molecule has 3 saturated heterocycles. The van der Waals surface area contributed by atoms with Gasteiger partial charge in [0.1, 0.15) is 0 Å². The largest absolute Gasteiger partial charge is 0.455 e. The van der Waals surface area contributed by atoms with Crippen LogP contribution in [0.4, 0.5) is 34.1 Å². The summed E-state index contributed by atoms with van der Waals surface area (Å²) in [5.41, 5.74) is 5.78. The van der Waals surface area contributed by atoms with Crippen LogP contribution >= 0.6 is 11.6 Å². The molecule has 5 amide bonds. The number of benzene rings is 2. The number of nitrogens with zero attached hydrogens (tertiary/aromatic N) is 5. The van der Waals surface area contributed by atoms with E-state index >= 15 is 0 Å². The molecule has 4 aliphatic heterocycles. The van der Waals surface area contributed by atoms with Crippen LogP contribution in [-0.4, -0.2) is 152 Å². The fraction of sp³-hybridized carbons (Fsp3) is 0.585. The fourth-order valence-electron chi connectivity index (χ4n) is 8.39. The zero-order valence-electron chi connectivity index (χ0n) is 34.0. The van der Waals surface area contributed by atoms with E-state index in [1.165, 1.54) is 15.9 Å². The third kappa shape index (κ3) is 11.3. The Morgan fingerprint density at radius 2 is 1.58 bits per heavy atom. The van der Waals surface area contributed by atoms with Crippen molar-refractivity contribution in [3.8, 4) is 0 Å². The monoisotopic (exact) mass is 862 g/mol. The molecule has 328 valence electrons. The second-order valence-electron chi connectivity index (χ2n) is 16.1. The summed E-state index contributed by atoms with van der Waals surface area (Å²) in [7, 11) is 3.17. The van der Waals surface area contributed by atoms with Crippen LogP contribution in [0.1, 0.15) is 55.2 Å². The van der Waals surface area contributed by atoms with E-state index in [2.05, 4.69) is 15.5 Å². The highest BCUT2D eigenvalue weighted by atomic mass is 35.5. The SMILES string of the molecule is CN(C)C(=O)COC(=O)CNC1CCN(C2CCN(C(=O)[C@@H](Cc3cc(Cl)c(N)c(C(F)(F)F)c3)OC(=O)N3CCC(N4CCc5ccccc5NC4=O)CC3)CC2)CC1. The lowest BCUT2D eigenvalue weighted by Crippen LogP contribution is -2.54. The van der Waals surface area contributed by atoms with E-state index in [1.54, 1.807) is 23.9 Å². The number of nitrogens with one attached hydrogen (secondary N) is 2. The number of hydrogen-bond acceptors (Lipinski definition) is 10. The van der Waals surface area contributed by atoms with E-state index in [1.807, 2.05) is 24.3 Å². The molecular formula is C41H54ClF3N8O7. The van der Waals surface area contributed by atoms with Crippen molar-refractivity contribution >= 4 is 52.9 Å². The van der Waals surface area contributed by atoms with Gasteiger partial charge < -0.3 is 50.3 Å². The van der Waals surface area contributed by atoms with Crippen LogP contribution in [-0.2, 0) is 42.9 Å². The van der Waals surface area contributed by atoms with Crippen molar-refractivity contribution in [3.05, 3.63) is 58.1 Å². The number of esters is 1. The molecular weight excluding hydrogens is 809 g/mol. The summed E-state index contributed by atoms with van der Waals surface area (Å²) in [6, 6.07) is 9.70. The van der Waals surface area contributed by atoms with Gasteiger partial charge in [0.2, 0.25) is 0 Å². The molecule has 0 saturated carbocycles. The lowest BCUT2D eigenvalue weighted by atomic mass is 9.97. The minimum Gasteiger partial charge on any atom is -0.455 e. The number of piperidine rings is 3. The predicted octanol–water partition coefficient (Wildman–Crippen LogP) is 4.22. The Bertz CT molecular complexity index is 1880. The van der Waals surface area contributed by atoms with Crippen LogP contribution in [0.15, 0.2) is 36.4 Å². The number of hydrogen-bond donors (Lipinski definition) is 3. The number of alkyl halides is 3. The Labute approximate surface area is 352 Å². The molecule has 0 aromatic heterocycles. The summed E-state index contributed by atoms with van der Waals surface area (Å²) >= 11 is 6.14. The molecule has 19 heteroatoms. The molecule has 0 spiro atoms. The molecule has 2 aromatic rings. The molecule has 0 radical (unpaired) electrons. The molecule has 4 aliphatic rings. The highest BCUT2D eigenvalue weighted by Gasteiger charge is 2.39. The Balaban J connectivity index is 1.04. The van der Waals surface area contributed by atoms with Crippen molar-refractivity contribution in [3.63, 3.8) is 0 Å².